The van der Waals surface area contributed by atoms with Crippen molar-refractivity contribution in [3.8, 4) is 0 Å². The Morgan fingerprint density at radius 3 is 1.22 bits per heavy atom. The quantitative estimate of drug-likeness (QED) is 0.355. The van der Waals surface area contributed by atoms with Gasteiger partial charge < -0.3 is 0 Å². The van der Waals surface area contributed by atoms with Gasteiger partial charge in [-0.3, -0.25) is 12.2 Å². The zero-order valence-corrected chi connectivity index (χ0v) is 18.0. The molecule has 0 aromatic carbocycles. The largest absolute Gasteiger partial charge is 0.273 e. The van der Waals surface area contributed by atoms with Crippen molar-refractivity contribution in [2.75, 3.05) is 0 Å². The molecule has 0 amide bonds. The first-order valence-electron chi connectivity index (χ1n) is 5.41. The third-order valence-electron chi connectivity index (χ3n) is 1.74. The number of hydrogen-bond acceptors (Lipinski definition) is 0. The Morgan fingerprint density at radius 1 is 0.889 bits per heavy atom. The van der Waals surface area contributed by atoms with Gasteiger partial charge in [0.05, 0.1) is 0 Å². The zero-order valence-electron chi connectivity index (χ0n) is 11.6. The minimum absolute atomic E-state index is 0. The SMILES string of the molecule is CC1=CC[C-]=C1.CC1=CC[C-]=C1.C[SiH]C.Cl.Cl.[Hf]. The summed E-state index contributed by atoms with van der Waals surface area (Å²) in [4.78, 5) is 0. The first kappa shape index (κ1) is 27.1. The maximum Gasteiger partial charge on any atom is 0.0213 e. The summed E-state index contributed by atoms with van der Waals surface area (Å²) in [5.41, 5.74) is 2.69. The summed E-state index contributed by atoms with van der Waals surface area (Å²) in [6.07, 6.45) is 16.5. The number of allylic oxidation sites excluding steroid dienone is 8. The van der Waals surface area contributed by atoms with E-state index < -0.39 is 0 Å². The van der Waals surface area contributed by atoms with Crippen LogP contribution in [0, 0.1) is 12.2 Å². The third-order valence-corrected chi connectivity index (χ3v) is 1.74. The van der Waals surface area contributed by atoms with Gasteiger partial charge in [-0.1, -0.05) is 13.1 Å². The van der Waals surface area contributed by atoms with Gasteiger partial charge in [0.1, 0.15) is 0 Å². The molecule has 2 aliphatic rings. The molecule has 0 spiro atoms. The first-order chi connectivity index (χ1) is 7.20. The summed E-state index contributed by atoms with van der Waals surface area (Å²) < 4.78 is 0. The fourth-order valence-corrected chi connectivity index (χ4v) is 0.998. The summed E-state index contributed by atoms with van der Waals surface area (Å²) >= 11 is 0. The van der Waals surface area contributed by atoms with E-state index >= 15 is 0 Å². The van der Waals surface area contributed by atoms with E-state index in [0.717, 1.165) is 22.4 Å². The molecule has 0 saturated carbocycles. The molecule has 4 heteroatoms. The number of halogens is 2. The average molecular weight is 469 g/mol. The Labute approximate surface area is 147 Å². The van der Waals surface area contributed by atoms with Gasteiger partial charge in [-0.15, -0.1) is 51.5 Å². The van der Waals surface area contributed by atoms with E-state index in [-0.39, 0.29) is 50.7 Å². The van der Waals surface area contributed by atoms with Gasteiger partial charge in [0.15, 0.2) is 0 Å². The van der Waals surface area contributed by atoms with E-state index in [9.17, 15) is 0 Å². The van der Waals surface area contributed by atoms with Crippen molar-refractivity contribution in [1.82, 2.24) is 0 Å². The molecule has 0 bridgehead atoms. The van der Waals surface area contributed by atoms with Crippen molar-refractivity contribution in [3.63, 3.8) is 0 Å². The number of rotatable bonds is 0. The smallest absolute Gasteiger partial charge is 0.0213 e. The average Bonchev–Trinajstić information content (AvgIpc) is 2.81. The molecular weight excluding hydrogens is 446 g/mol. The maximum atomic E-state index is 3.05. The second kappa shape index (κ2) is 20.0. The molecular formula is C14H23Cl2HfSi-2. The normalized spacial score (nSPS) is 13.3. The van der Waals surface area contributed by atoms with E-state index in [1.807, 2.05) is 12.2 Å². The Morgan fingerprint density at radius 2 is 1.17 bits per heavy atom. The molecule has 2 aliphatic carbocycles. The Bertz CT molecular complexity index is 248. The Balaban J connectivity index is -0.0000000793. The van der Waals surface area contributed by atoms with Crippen molar-refractivity contribution >= 4 is 34.3 Å². The third kappa shape index (κ3) is 19.0. The van der Waals surface area contributed by atoms with Crippen LogP contribution in [-0.2, 0) is 25.8 Å². The van der Waals surface area contributed by atoms with Crippen molar-refractivity contribution in [3.05, 3.63) is 47.6 Å². The summed E-state index contributed by atoms with van der Waals surface area (Å²) in [6, 6.07) is 0. The summed E-state index contributed by atoms with van der Waals surface area (Å²) in [7, 11) is 0.750. The molecule has 0 unspecified atom stereocenters. The predicted octanol–water partition coefficient (Wildman–Crippen LogP) is 4.75. The van der Waals surface area contributed by atoms with Crippen LogP contribution in [0.5, 0.6) is 0 Å². The monoisotopic (exact) mass is 469 g/mol. The van der Waals surface area contributed by atoms with Crippen LogP contribution in [0.4, 0.5) is 0 Å². The van der Waals surface area contributed by atoms with Gasteiger partial charge in [0, 0.05) is 35.4 Å². The molecule has 1 radical (unpaired) electrons. The van der Waals surface area contributed by atoms with Gasteiger partial charge in [0.2, 0.25) is 0 Å². The van der Waals surface area contributed by atoms with Crippen LogP contribution in [0.2, 0.25) is 13.1 Å². The van der Waals surface area contributed by atoms with Crippen LogP contribution in [0.3, 0.4) is 0 Å². The molecule has 0 N–H and O–H groups in total. The minimum atomic E-state index is 0. The predicted molar refractivity (Wildman–Crippen MR) is 85.7 cm³/mol. The summed E-state index contributed by atoms with van der Waals surface area (Å²) in [6.45, 7) is 8.58. The molecule has 2 rings (SSSR count). The molecule has 103 valence electrons. The van der Waals surface area contributed by atoms with E-state index in [1.54, 1.807) is 0 Å². The van der Waals surface area contributed by atoms with Crippen molar-refractivity contribution in [1.29, 1.82) is 0 Å². The maximum absolute atomic E-state index is 3.05. The van der Waals surface area contributed by atoms with Crippen LogP contribution in [0.15, 0.2) is 35.5 Å². The second-order valence-corrected chi connectivity index (χ2v) is 4.73. The van der Waals surface area contributed by atoms with Crippen molar-refractivity contribution < 1.29 is 25.8 Å². The van der Waals surface area contributed by atoms with Crippen LogP contribution < -0.4 is 0 Å². The Kier molecular flexibility index (Phi) is 30.0. The molecule has 0 aliphatic heterocycles. The zero-order chi connectivity index (χ0) is 11.5. The van der Waals surface area contributed by atoms with Crippen LogP contribution in [0.25, 0.3) is 0 Å². The van der Waals surface area contributed by atoms with Gasteiger partial charge in [0.25, 0.3) is 0 Å². The van der Waals surface area contributed by atoms with Crippen LogP contribution in [-0.4, -0.2) is 9.52 Å². The Hall–Kier alpha value is 0.627. The van der Waals surface area contributed by atoms with E-state index in [2.05, 4.69) is 51.2 Å². The minimum Gasteiger partial charge on any atom is -0.273 e. The molecule has 0 heterocycles. The van der Waals surface area contributed by atoms with Gasteiger partial charge >= 0.3 is 0 Å². The second-order valence-electron chi connectivity index (χ2n) is 3.58. The van der Waals surface area contributed by atoms with Crippen LogP contribution >= 0.6 is 24.8 Å². The van der Waals surface area contributed by atoms with Gasteiger partial charge in [-0.05, 0) is 0 Å². The van der Waals surface area contributed by atoms with Crippen molar-refractivity contribution in [2.45, 2.75) is 39.8 Å². The van der Waals surface area contributed by atoms with E-state index in [0.29, 0.717) is 0 Å². The molecule has 0 aromatic heterocycles. The summed E-state index contributed by atoms with van der Waals surface area (Å²) in [5, 5.41) is 0. The summed E-state index contributed by atoms with van der Waals surface area (Å²) in [5.74, 6) is 0. The standard InChI is InChI=1S/2C6H7.C2H7Si.2ClH.Hf/c2*1-6-4-2-3-5-6;1-3-2;;;/h2*4-5H,2H2,1H3;3H,1-2H3;2*1H;/q2*-1;;;;. The molecule has 0 aromatic rings. The molecule has 0 saturated heterocycles. The van der Waals surface area contributed by atoms with E-state index in [4.69, 9.17) is 0 Å². The topological polar surface area (TPSA) is 0 Å². The number of hydrogen-bond donors (Lipinski definition) is 0. The molecule has 18 heavy (non-hydrogen) atoms. The molecule has 0 nitrogen and oxygen atoms in total. The fourth-order valence-electron chi connectivity index (χ4n) is 0.998. The first-order valence-corrected chi connectivity index (χ1v) is 7.72. The molecule has 0 atom stereocenters. The van der Waals surface area contributed by atoms with Gasteiger partial charge in [-0.25, -0.2) is 23.3 Å². The van der Waals surface area contributed by atoms with Gasteiger partial charge in [-0.2, -0.15) is 12.2 Å². The van der Waals surface area contributed by atoms with Crippen LogP contribution in [0.1, 0.15) is 26.7 Å². The molecule has 0 fully saturated rings. The fraction of sp³-hybridized carbons (Fsp3) is 0.429. The van der Waals surface area contributed by atoms with E-state index in [1.165, 1.54) is 11.1 Å². The van der Waals surface area contributed by atoms with Crippen molar-refractivity contribution in [2.24, 2.45) is 0 Å².